The van der Waals surface area contributed by atoms with E-state index in [-0.39, 0.29) is 11.9 Å². The fraction of sp³-hybridized carbons (Fsp3) is 0.538. The fourth-order valence-electron chi connectivity index (χ4n) is 1.43. The number of halogens is 2. The maximum atomic E-state index is 13.3. The molecular weight excluding hydrogens is 224 g/mol. The van der Waals surface area contributed by atoms with E-state index in [9.17, 15) is 8.78 Å². The molecule has 4 heteroatoms. The molecule has 0 radical (unpaired) electrons. The summed E-state index contributed by atoms with van der Waals surface area (Å²) in [5, 5.41) is 3.20. The Bertz CT molecular complexity index is 344. The van der Waals surface area contributed by atoms with Gasteiger partial charge in [0.15, 0.2) is 11.6 Å². The van der Waals surface area contributed by atoms with Crippen LogP contribution in [0.25, 0.3) is 0 Å². The van der Waals surface area contributed by atoms with Crippen LogP contribution in [0.2, 0.25) is 0 Å². The second-order valence-electron chi connectivity index (χ2n) is 4.06. The topological polar surface area (TPSA) is 21.3 Å². The van der Waals surface area contributed by atoms with Gasteiger partial charge in [0.1, 0.15) is 11.9 Å². The van der Waals surface area contributed by atoms with Crippen molar-refractivity contribution in [2.45, 2.75) is 32.8 Å². The first-order chi connectivity index (χ1) is 8.13. The first kappa shape index (κ1) is 13.9. The highest BCUT2D eigenvalue weighted by Gasteiger charge is 2.09. The van der Waals surface area contributed by atoms with Crippen molar-refractivity contribution in [2.75, 3.05) is 13.1 Å². The zero-order valence-electron chi connectivity index (χ0n) is 10.3. The van der Waals surface area contributed by atoms with Gasteiger partial charge in [-0.25, -0.2) is 8.78 Å². The first-order valence-electron chi connectivity index (χ1n) is 5.96. The lowest BCUT2D eigenvalue weighted by Crippen LogP contribution is -2.29. The Kier molecular flexibility index (Phi) is 5.91. The van der Waals surface area contributed by atoms with Crippen LogP contribution in [0.4, 0.5) is 8.78 Å². The molecule has 0 heterocycles. The summed E-state index contributed by atoms with van der Waals surface area (Å²) in [4.78, 5) is 0. The summed E-state index contributed by atoms with van der Waals surface area (Å²) in [6.07, 6.45) is 2.03. The Hall–Kier alpha value is -1.16. The largest absolute Gasteiger partial charge is 0.486 e. The van der Waals surface area contributed by atoms with Crippen molar-refractivity contribution >= 4 is 0 Å². The lowest BCUT2D eigenvalue weighted by atomic mass is 10.3. The maximum Gasteiger partial charge on any atom is 0.165 e. The predicted molar refractivity (Wildman–Crippen MR) is 64.2 cm³/mol. The summed E-state index contributed by atoms with van der Waals surface area (Å²) in [5.41, 5.74) is 0. The SMILES string of the molecule is CCCCNCC(C)Oc1cc(F)ccc1F. The minimum atomic E-state index is -0.535. The number of unbranched alkanes of at least 4 members (excludes halogenated alkanes) is 1. The third-order valence-electron chi connectivity index (χ3n) is 2.36. The van der Waals surface area contributed by atoms with Gasteiger partial charge >= 0.3 is 0 Å². The molecule has 0 aliphatic carbocycles. The van der Waals surface area contributed by atoms with Crippen molar-refractivity contribution in [2.24, 2.45) is 0 Å². The summed E-state index contributed by atoms with van der Waals surface area (Å²) in [6.45, 7) is 5.47. The number of nitrogens with one attached hydrogen (secondary N) is 1. The Morgan fingerprint density at radius 1 is 1.35 bits per heavy atom. The van der Waals surface area contributed by atoms with Gasteiger partial charge in [0, 0.05) is 12.6 Å². The van der Waals surface area contributed by atoms with Crippen LogP contribution in [0.5, 0.6) is 5.75 Å². The number of benzene rings is 1. The average Bonchev–Trinajstić information content (AvgIpc) is 2.29. The molecule has 1 aromatic rings. The average molecular weight is 243 g/mol. The van der Waals surface area contributed by atoms with E-state index in [1.54, 1.807) is 0 Å². The van der Waals surface area contributed by atoms with Crippen LogP contribution in [0.15, 0.2) is 18.2 Å². The van der Waals surface area contributed by atoms with E-state index < -0.39 is 11.6 Å². The molecule has 0 saturated heterocycles. The molecule has 0 aromatic heterocycles. The summed E-state index contributed by atoms with van der Waals surface area (Å²) in [7, 11) is 0. The van der Waals surface area contributed by atoms with Crippen molar-refractivity contribution in [3.8, 4) is 5.75 Å². The molecule has 0 bridgehead atoms. The Labute approximate surface area is 101 Å². The van der Waals surface area contributed by atoms with Gasteiger partial charge < -0.3 is 10.1 Å². The highest BCUT2D eigenvalue weighted by Crippen LogP contribution is 2.19. The molecule has 17 heavy (non-hydrogen) atoms. The molecule has 0 saturated carbocycles. The highest BCUT2D eigenvalue weighted by molar-refractivity contribution is 5.25. The molecular formula is C13H19F2NO. The van der Waals surface area contributed by atoms with Gasteiger partial charge in [-0.05, 0) is 32.0 Å². The molecule has 1 rings (SSSR count). The van der Waals surface area contributed by atoms with Crippen molar-refractivity contribution in [1.82, 2.24) is 5.32 Å². The molecule has 1 unspecified atom stereocenters. The van der Waals surface area contributed by atoms with E-state index in [0.29, 0.717) is 6.54 Å². The van der Waals surface area contributed by atoms with Crippen molar-refractivity contribution < 1.29 is 13.5 Å². The molecule has 0 amide bonds. The van der Waals surface area contributed by atoms with E-state index in [1.165, 1.54) is 0 Å². The third kappa shape index (κ3) is 5.13. The number of hydrogen-bond donors (Lipinski definition) is 1. The van der Waals surface area contributed by atoms with E-state index in [1.807, 2.05) is 6.92 Å². The van der Waals surface area contributed by atoms with Crippen LogP contribution in [0.1, 0.15) is 26.7 Å². The lowest BCUT2D eigenvalue weighted by molar-refractivity contribution is 0.207. The second kappa shape index (κ2) is 7.22. The molecule has 96 valence electrons. The monoisotopic (exact) mass is 243 g/mol. The van der Waals surface area contributed by atoms with Crippen LogP contribution in [-0.2, 0) is 0 Å². The smallest absolute Gasteiger partial charge is 0.165 e. The normalized spacial score (nSPS) is 12.5. The minimum Gasteiger partial charge on any atom is -0.486 e. The van der Waals surface area contributed by atoms with Crippen LogP contribution in [-0.4, -0.2) is 19.2 Å². The van der Waals surface area contributed by atoms with Gasteiger partial charge in [-0.2, -0.15) is 0 Å². The lowest BCUT2D eigenvalue weighted by Gasteiger charge is -2.15. The molecule has 0 aliphatic heterocycles. The minimum absolute atomic E-state index is 0.0326. The summed E-state index contributed by atoms with van der Waals surface area (Å²) >= 11 is 0. The molecule has 1 N–H and O–H groups in total. The van der Waals surface area contributed by atoms with Crippen molar-refractivity contribution in [3.05, 3.63) is 29.8 Å². The van der Waals surface area contributed by atoms with Crippen LogP contribution in [0, 0.1) is 11.6 Å². The zero-order chi connectivity index (χ0) is 12.7. The Morgan fingerprint density at radius 3 is 2.82 bits per heavy atom. The first-order valence-corrected chi connectivity index (χ1v) is 5.96. The molecule has 2 nitrogen and oxygen atoms in total. The van der Waals surface area contributed by atoms with E-state index in [2.05, 4.69) is 12.2 Å². The maximum absolute atomic E-state index is 13.3. The second-order valence-corrected chi connectivity index (χ2v) is 4.06. The molecule has 1 atom stereocenters. The quantitative estimate of drug-likeness (QED) is 0.743. The van der Waals surface area contributed by atoms with Gasteiger partial charge in [-0.15, -0.1) is 0 Å². The molecule has 1 aromatic carbocycles. The van der Waals surface area contributed by atoms with E-state index in [4.69, 9.17) is 4.74 Å². The number of hydrogen-bond acceptors (Lipinski definition) is 2. The van der Waals surface area contributed by atoms with Gasteiger partial charge in [0.25, 0.3) is 0 Å². The molecule has 0 aliphatic rings. The van der Waals surface area contributed by atoms with Crippen molar-refractivity contribution in [3.63, 3.8) is 0 Å². The van der Waals surface area contributed by atoms with Crippen LogP contribution < -0.4 is 10.1 Å². The summed E-state index contributed by atoms with van der Waals surface area (Å²) in [5.74, 6) is -1.06. The molecule has 0 fully saturated rings. The van der Waals surface area contributed by atoms with Gasteiger partial charge in [-0.1, -0.05) is 13.3 Å². The predicted octanol–water partition coefficient (Wildman–Crippen LogP) is 3.12. The zero-order valence-corrected chi connectivity index (χ0v) is 10.3. The number of ether oxygens (including phenoxy) is 1. The molecule has 0 spiro atoms. The van der Waals surface area contributed by atoms with Gasteiger partial charge in [0.05, 0.1) is 0 Å². The highest BCUT2D eigenvalue weighted by atomic mass is 19.1. The number of rotatable bonds is 7. The summed E-state index contributed by atoms with van der Waals surface area (Å²) in [6, 6.07) is 3.21. The standard InChI is InChI=1S/C13H19F2NO/c1-3-4-7-16-9-10(2)17-13-8-11(14)5-6-12(13)15/h5-6,8,10,16H,3-4,7,9H2,1-2H3. The third-order valence-corrected chi connectivity index (χ3v) is 2.36. The van der Waals surface area contributed by atoms with Gasteiger partial charge in [-0.3, -0.25) is 0 Å². The Balaban J connectivity index is 2.39. The fourth-order valence-corrected chi connectivity index (χ4v) is 1.43. The Morgan fingerprint density at radius 2 is 2.12 bits per heavy atom. The van der Waals surface area contributed by atoms with Crippen LogP contribution >= 0.6 is 0 Å². The summed E-state index contributed by atoms with van der Waals surface area (Å²) < 4.78 is 31.5. The van der Waals surface area contributed by atoms with Crippen molar-refractivity contribution in [1.29, 1.82) is 0 Å². The van der Waals surface area contributed by atoms with E-state index in [0.717, 1.165) is 37.6 Å². The van der Waals surface area contributed by atoms with Crippen LogP contribution in [0.3, 0.4) is 0 Å². The van der Waals surface area contributed by atoms with Gasteiger partial charge in [0.2, 0.25) is 0 Å². The van der Waals surface area contributed by atoms with E-state index >= 15 is 0 Å².